The van der Waals surface area contributed by atoms with Gasteiger partial charge in [-0.1, -0.05) is 23.7 Å². The average molecular weight is 252 g/mol. The predicted octanol–water partition coefficient (Wildman–Crippen LogP) is 3.06. The van der Waals surface area contributed by atoms with Crippen LogP contribution in [0.1, 0.15) is 24.0 Å². The fourth-order valence-electron chi connectivity index (χ4n) is 2.37. The van der Waals surface area contributed by atoms with E-state index in [1.54, 1.807) is 0 Å². The molecule has 0 spiro atoms. The first kappa shape index (κ1) is 12.6. The molecule has 0 saturated carbocycles. The molecule has 17 heavy (non-hydrogen) atoms. The molecule has 92 valence electrons. The van der Waals surface area contributed by atoms with E-state index < -0.39 is 0 Å². The van der Waals surface area contributed by atoms with Gasteiger partial charge in [0.05, 0.1) is 0 Å². The van der Waals surface area contributed by atoms with E-state index in [4.69, 9.17) is 11.6 Å². The van der Waals surface area contributed by atoms with Gasteiger partial charge >= 0.3 is 0 Å². The number of likely N-dealkylation sites (tertiary alicyclic amines) is 1. The van der Waals surface area contributed by atoms with E-state index in [2.05, 4.69) is 17.0 Å². The quantitative estimate of drug-likeness (QED) is 0.770. The lowest BCUT2D eigenvalue weighted by Crippen LogP contribution is -2.35. The Kier molecular flexibility index (Phi) is 4.19. The molecule has 1 fully saturated rings. The molecule has 1 unspecified atom stereocenters. The molecule has 1 aromatic rings. The van der Waals surface area contributed by atoms with Crippen LogP contribution in [0.2, 0.25) is 5.02 Å². The standard InChI is InChI=1S/C14H18ClNO/c1-11-4-5-13(14(15)7-11)9-16-6-2-3-12(8-16)10-17/h4-5,7,10,12H,2-3,6,8-9H2,1H3. The topological polar surface area (TPSA) is 20.3 Å². The summed E-state index contributed by atoms with van der Waals surface area (Å²) in [5.41, 5.74) is 2.34. The second-order valence-electron chi connectivity index (χ2n) is 4.87. The van der Waals surface area contributed by atoms with Gasteiger partial charge < -0.3 is 4.79 Å². The molecule has 1 aromatic carbocycles. The minimum Gasteiger partial charge on any atom is -0.303 e. The zero-order valence-corrected chi connectivity index (χ0v) is 10.9. The first-order valence-corrected chi connectivity index (χ1v) is 6.49. The molecule has 0 amide bonds. The van der Waals surface area contributed by atoms with Crippen molar-refractivity contribution in [1.82, 2.24) is 4.90 Å². The zero-order valence-electron chi connectivity index (χ0n) is 10.2. The zero-order chi connectivity index (χ0) is 12.3. The summed E-state index contributed by atoms with van der Waals surface area (Å²) in [4.78, 5) is 13.1. The Hall–Kier alpha value is -0.860. The van der Waals surface area contributed by atoms with Gasteiger partial charge in [0.15, 0.2) is 0 Å². The Morgan fingerprint density at radius 3 is 3.06 bits per heavy atom. The summed E-state index contributed by atoms with van der Waals surface area (Å²) in [6.07, 6.45) is 3.22. The van der Waals surface area contributed by atoms with Crippen LogP contribution in [0.15, 0.2) is 18.2 Å². The van der Waals surface area contributed by atoms with Gasteiger partial charge in [0.25, 0.3) is 0 Å². The van der Waals surface area contributed by atoms with Crippen molar-refractivity contribution in [2.45, 2.75) is 26.3 Å². The molecule has 1 atom stereocenters. The molecule has 3 heteroatoms. The highest BCUT2D eigenvalue weighted by molar-refractivity contribution is 6.31. The molecule has 1 aliphatic rings. The lowest BCUT2D eigenvalue weighted by atomic mass is 9.99. The third-order valence-corrected chi connectivity index (χ3v) is 3.69. The lowest BCUT2D eigenvalue weighted by molar-refractivity contribution is -0.112. The maximum absolute atomic E-state index is 10.8. The lowest BCUT2D eigenvalue weighted by Gasteiger charge is -2.30. The third kappa shape index (κ3) is 3.30. The highest BCUT2D eigenvalue weighted by Crippen LogP contribution is 2.22. The van der Waals surface area contributed by atoms with Gasteiger partial charge in [-0.05, 0) is 43.5 Å². The van der Waals surface area contributed by atoms with Gasteiger partial charge in [-0.2, -0.15) is 0 Å². The van der Waals surface area contributed by atoms with Crippen LogP contribution in [0.25, 0.3) is 0 Å². The number of halogens is 1. The first-order valence-electron chi connectivity index (χ1n) is 6.11. The Morgan fingerprint density at radius 2 is 2.35 bits per heavy atom. The fourth-order valence-corrected chi connectivity index (χ4v) is 2.66. The Labute approximate surface area is 108 Å². The van der Waals surface area contributed by atoms with Crippen LogP contribution in [0, 0.1) is 12.8 Å². The monoisotopic (exact) mass is 251 g/mol. The van der Waals surface area contributed by atoms with Crippen molar-refractivity contribution in [2.75, 3.05) is 13.1 Å². The summed E-state index contributed by atoms with van der Waals surface area (Å²) in [6.45, 7) is 4.82. The van der Waals surface area contributed by atoms with Crippen molar-refractivity contribution in [3.8, 4) is 0 Å². The fraction of sp³-hybridized carbons (Fsp3) is 0.500. The minimum absolute atomic E-state index is 0.202. The van der Waals surface area contributed by atoms with Crippen LogP contribution < -0.4 is 0 Å². The SMILES string of the molecule is Cc1ccc(CN2CCCC(C=O)C2)c(Cl)c1. The van der Waals surface area contributed by atoms with Crippen molar-refractivity contribution in [3.63, 3.8) is 0 Å². The number of carbonyl (C=O) groups excluding carboxylic acids is 1. The normalized spacial score (nSPS) is 21.4. The Morgan fingerprint density at radius 1 is 1.53 bits per heavy atom. The molecule has 0 N–H and O–H groups in total. The molecule has 0 radical (unpaired) electrons. The van der Waals surface area contributed by atoms with E-state index >= 15 is 0 Å². The summed E-state index contributed by atoms with van der Waals surface area (Å²) in [7, 11) is 0. The summed E-state index contributed by atoms with van der Waals surface area (Å²) in [5, 5.41) is 0.832. The number of hydrogen-bond acceptors (Lipinski definition) is 2. The van der Waals surface area contributed by atoms with Gasteiger partial charge in [0.2, 0.25) is 0 Å². The summed E-state index contributed by atoms with van der Waals surface area (Å²) in [5.74, 6) is 0.202. The van der Waals surface area contributed by atoms with E-state index in [9.17, 15) is 4.79 Å². The maximum atomic E-state index is 10.8. The van der Waals surface area contributed by atoms with Crippen LogP contribution in [-0.4, -0.2) is 24.3 Å². The van der Waals surface area contributed by atoms with Gasteiger partial charge in [0.1, 0.15) is 6.29 Å². The summed E-state index contributed by atoms with van der Waals surface area (Å²) >= 11 is 6.22. The number of aryl methyl sites for hydroxylation is 1. The maximum Gasteiger partial charge on any atom is 0.124 e. The van der Waals surface area contributed by atoms with Gasteiger partial charge in [-0.25, -0.2) is 0 Å². The number of carbonyl (C=O) groups is 1. The minimum atomic E-state index is 0.202. The molecule has 2 nitrogen and oxygen atoms in total. The molecule has 0 bridgehead atoms. The van der Waals surface area contributed by atoms with Crippen molar-refractivity contribution in [2.24, 2.45) is 5.92 Å². The molecule has 0 aromatic heterocycles. The number of piperidine rings is 1. The second-order valence-corrected chi connectivity index (χ2v) is 5.28. The molecule has 0 aliphatic carbocycles. The van der Waals surface area contributed by atoms with E-state index in [1.165, 1.54) is 5.56 Å². The van der Waals surface area contributed by atoms with Crippen LogP contribution in [-0.2, 0) is 11.3 Å². The average Bonchev–Trinajstić information content (AvgIpc) is 2.33. The number of benzene rings is 1. The van der Waals surface area contributed by atoms with E-state index in [0.717, 1.165) is 49.3 Å². The van der Waals surface area contributed by atoms with Crippen LogP contribution in [0.5, 0.6) is 0 Å². The number of rotatable bonds is 3. The van der Waals surface area contributed by atoms with Gasteiger partial charge in [-0.15, -0.1) is 0 Å². The second kappa shape index (κ2) is 5.65. The van der Waals surface area contributed by atoms with Gasteiger partial charge in [-0.3, -0.25) is 4.90 Å². The van der Waals surface area contributed by atoms with Crippen molar-refractivity contribution < 1.29 is 4.79 Å². The van der Waals surface area contributed by atoms with Gasteiger partial charge in [0, 0.05) is 24.0 Å². The van der Waals surface area contributed by atoms with Crippen molar-refractivity contribution in [3.05, 3.63) is 34.3 Å². The summed E-state index contributed by atoms with van der Waals surface area (Å²) < 4.78 is 0. The molecular weight excluding hydrogens is 234 g/mol. The Bertz CT molecular complexity index is 405. The highest BCUT2D eigenvalue weighted by Gasteiger charge is 2.19. The number of aldehydes is 1. The molecular formula is C14H18ClNO. The van der Waals surface area contributed by atoms with E-state index in [-0.39, 0.29) is 5.92 Å². The Balaban J connectivity index is 2.02. The molecule has 1 saturated heterocycles. The molecule has 1 aliphatic heterocycles. The van der Waals surface area contributed by atoms with Crippen LogP contribution in [0.3, 0.4) is 0 Å². The predicted molar refractivity (Wildman–Crippen MR) is 70.3 cm³/mol. The molecule has 1 heterocycles. The highest BCUT2D eigenvalue weighted by atomic mass is 35.5. The largest absolute Gasteiger partial charge is 0.303 e. The van der Waals surface area contributed by atoms with E-state index in [0.29, 0.717) is 0 Å². The number of nitrogens with zero attached hydrogens (tertiary/aromatic N) is 1. The van der Waals surface area contributed by atoms with Crippen molar-refractivity contribution >= 4 is 17.9 Å². The van der Waals surface area contributed by atoms with E-state index in [1.807, 2.05) is 13.0 Å². The van der Waals surface area contributed by atoms with Crippen LogP contribution >= 0.6 is 11.6 Å². The number of hydrogen-bond donors (Lipinski definition) is 0. The smallest absolute Gasteiger partial charge is 0.124 e. The third-order valence-electron chi connectivity index (χ3n) is 3.34. The first-order chi connectivity index (χ1) is 8.19. The molecule has 2 rings (SSSR count). The van der Waals surface area contributed by atoms with Crippen LogP contribution in [0.4, 0.5) is 0 Å². The summed E-state index contributed by atoms with van der Waals surface area (Å²) in [6, 6.07) is 6.17. The van der Waals surface area contributed by atoms with Crippen molar-refractivity contribution in [1.29, 1.82) is 0 Å².